The van der Waals surface area contributed by atoms with Gasteiger partial charge in [-0.25, -0.2) is 9.59 Å². The van der Waals surface area contributed by atoms with Crippen molar-refractivity contribution in [1.82, 2.24) is 20.9 Å². The summed E-state index contributed by atoms with van der Waals surface area (Å²) >= 11 is 13.5. The molecule has 90 heavy (non-hydrogen) atoms. The van der Waals surface area contributed by atoms with Crippen molar-refractivity contribution in [3.05, 3.63) is 87.0 Å². The molecule has 0 aliphatic carbocycles. The Morgan fingerprint density at radius 3 is 2.33 bits per heavy atom. The number of nitrogens with one attached hydrogen (secondary N) is 3. The Kier molecular flexibility index (Phi) is 28.2. The molecule has 496 valence electrons. The van der Waals surface area contributed by atoms with E-state index in [2.05, 4.69) is 47.8 Å². The topological polar surface area (TPSA) is 309 Å². The molecule has 6 amide bonds. The van der Waals surface area contributed by atoms with Crippen LogP contribution in [0, 0.1) is 30.6 Å². The van der Waals surface area contributed by atoms with E-state index in [0.29, 0.717) is 52.6 Å². The van der Waals surface area contributed by atoms with Gasteiger partial charge in [0, 0.05) is 94.1 Å². The van der Waals surface area contributed by atoms with Gasteiger partial charge in [-0.05, 0) is 107 Å². The van der Waals surface area contributed by atoms with Gasteiger partial charge in [0.05, 0.1) is 48.2 Å². The highest BCUT2D eigenvalue weighted by Gasteiger charge is 2.64. The standard InChI is InChI=1S/C65H89Br2ClN6O16/c1-36(2)46(30-45(75)18-13-12-14-24-87-62(83)44(34-66)35-67)59(80)72-48(19-16-23-71-63(69)84)50(76)29-42-21-22-43(28-47(42)58(79)70-8)60(81)73(9)40(6)61(82)89-53-31-54(77)74(10)49-27-41(26-38(4)56(49)68)25-37(3)17-15-20-52(86-11)65(85)32-51(88-55(78)33-65)39(5)57-64(53,7)90-57/h15,17,20-22,26-28,36,39-40,44,46,48,51-53,57,85H,12-14,16,18-19,23-25,29-35H2,1-11H3,(H,70,79)(H,72,80)(H3,69,71,84)/b20-15+,37-17+/t39-,40+,46+,48+,51+,52-,53+,57+,64+,65-/m1/s1. The van der Waals surface area contributed by atoms with Crippen molar-refractivity contribution in [1.29, 1.82) is 0 Å². The lowest BCUT2D eigenvalue weighted by atomic mass is 9.78. The summed E-state index contributed by atoms with van der Waals surface area (Å²) in [6.45, 7) is 12.5. The summed E-state index contributed by atoms with van der Waals surface area (Å²) < 4.78 is 29.6. The first-order valence-corrected chi connectivity index (χ1v) is 33.1. The fraction of sp³-hybridized carbons (Fsp3) is 0.600. The number of benzene rings is 2. The number of fused-ring (bicyclic) bond motifs is 5. The molecular formula is C65H89Br2ClN6O16. The summed E-state index contributed by atoms with van der Waals surface area (Å²) in [6.07, 6.45) is 2.85. The summed E-state index contributed by atoms with van der Waals surface area (Å²) in [7, 11) is 5.74. The number of Topliss-reactive ketones (excluding diaryl/α,β-unsaturated/α-hetero) is 2. The minimum atomic E-state index is -1.67. The number of epoxide rings is 1. The number of halogens is 3. The number of carbonyl (C=O) groups is 10. The number of anilines is 1. The van der Waals surface area contributed by atoms with Crippen molar-refractivity contribution >= 4 is 108 Å². The number of likely N-dealkylation sites (N-methyl/N-ethyl adjacent to an activating group) is 1. The molecule has 2 aromatic carbocycles. The summed E-state index contributed by atoms with van der Waals surface area (Å²) in [4.78, 5) is 138. The van der Waals surface area contributed by atoms with E-state index in [1.807, 2.05) is 32.1 Å². The maximum absolute atomic E-state index is 14.5. The maximum atomic E-state index is 14.5. The van der Waals surface area contributed by atoms with E-state index in [-0.39, 0.29) is 92.0 Å². The molecule has 0 aromatic heterocycles. The molecule has 2 fully saturated rings. The van der Waals surface area contributed by atoms with Crippen molar-refractivity contribution in [3.63, 3.8) is 0 Å². The van der Waals surface area contributed by atoms with Gasteiger partial charge in [0.1, 0.15) is 41.3 Å². The number of ketones is 2. The zero-order valence-corrected chi connectivity index (χ0v) is 57.3. The van der Waals surface area contributed by atoms with Crippen LogP contribution in [0.2, 0.25) is 5.02 Å². The largest absolute Gasteiger partial charge is 0.465 e. The summed E-state index contributed by atoms with van der Waals surface area (Å²) in [5.41, 5.74) is 5.28. The molecule has 22 nitrogen and oxygen atoms in total. The number of hydrogen-bond acceptors (Lipinski definition) is 16. The van der Waals surface area contributed by atoms with Crippen molar-refractivity contribution < 1.29 is 76.7 Å². The third-order valence-electron chi connectivity index (χ3n) is 17.2. The van der Waals surface area contributed by atoms with Crippen LogP contribution in [-0.4, -0.2) is 169 Å². The number of nitrogens with two attached hydrogens (primary N) is 1. The third kappa shape index (κ3) is 20.0. The first-order valence-electron chi connectivity index (χ1n) is 30.4. The summed E-state index contributed by atoms with van der Waals surface area (Å²) in [6, 6.07) is 4.60. The van der Waals surface area contributed by atoms with Crippen molar-refractivity contribution in [2.45, 2.75) is 173 Å². The number of alkyl halides is 2. The number of urea groups is 1. The number of ether oxygens (including phenoxy) is 5. The van der Waals surface area contributed by atoms with Crippen LogP contribution in [-0.2, 0) is 70.1 Å². The molecule has 2 aromatic rings. The van der Waals surface area contributed by atoms with Gasteiger partial charge in [-0.2, -0.15) is 0 Å². The number of hydrogen-bond donors (Lipinski definition) is 5. The molecule has 10 atom stereocenters. The van der Waals surface area contributed by atoms with Gasteiger partial charge in [-0.15, -0.1) is 0 Å². The van der Waals surface area contributed by atoms with E-state index in [0.717, 1.165) is 16.0 Å². The van der Waals surface area contributed by atoms with Crippen LogP contribution in [0.15, 0.2) is 54.1 Å². The number of nitrogens with zero attached hydrogens (tertiary/aromatic N) is 2. The number of carbonyl (C=O) groups excluding carboxylic acids is 10. The molecule has 4 bridgehead atoms. The highest BCUT2D eigenvalue weighted by Crippen LogP contribution is 2.50. The minimum Gasteiger partial charge on any atom is -0.465 e. The first kappa shape index (κ1) is 74.7. The van der Waals surface area contributed by atoms with Crippen LogP contribution in [0.3, 0.4) is 0 Å². The van der Waals surface area contributed by atoms with Crippen LogP contribution >= 0.6 is 43.5 Å². The zero-order valence-electron chi connectivity index (χ0n) is 53.4. The van der Waals surface area contributed by atoms with E-state index in [1.165, 1.54) is 51.2 Å². The lowest BCUT2D eigenvalue weighted by molar-refractivity contribution is -0.187. The van der Waals surface area contributed by atoms with Gasteiger partial charge < -0.3 is 60.3 Å². The van der Waals surface area contributed by atoms with Gasteiger partial charge in [0.25, 0.3) is 11.8 Å². The molecule has 25 heteroatoms. The molecule has 0 radical (unpaired) electrons. The number of aliphatic hydroxyl groups is 1. The van der Waals surface area contributed by atoms with Crippen LogP contribution in [0.4, 0.5) is 10.5 Å². The average Bonchev–Trinajstić information content (AvgIpc) is 1.59. The van der Waals surface area contributed by atoms with Gasteiger partial charge in [-0.1, -0.05) is 100 Å². The number of amides is 6. The van der Waals surface area contributed by atoms with Gasteiger partial charge in [0.2, 0.25) is 11.8 Å². The average molecular weight is 1410 g/mol. The maximum Gasteiger partial charge on any atom is 0.328 e. The number of aryl methyl sites for hydroxylation is 1. The Hall–Kier alpha value is -6.05. The fourth-order valence-electron chi connectivity index (χ4n) is 11.3. The zero-order chi connectivity index (χ0) is 66.9. The predicted octanol–water partition coefficient (Wildman–Crippen LogP) is 7.52. The normalized spacial score (nSPS) is 23.8. The molecule has 0 unspecified atom stereocenters. The number of unbranched alkanes of at least 4 members (excludes halogenated alkanes) is 2. The van der Waals surface area contributed by atoms with E-state index in [4.69, 9.17) is 41.0 Å². The number of allylic oxidation sites excluding steroid dienone is 3. The van der Waals surface area contributed by atoms with Crippen molar-refractivity contribution in [2.75, 3.05) is 57.0 Å². The first-order chi connectivity index (χ1) is 42.4. The molecule has 0 spiro atoms. The summed E-state index contributed by atoms with van der Waals surface area (Å²) in [5, 5.41) is 21.2. The molecule has 5 rings (SSSR count). The highest BCUT2D eigenvalue weighted by atomic mass is 79.9. The fourth-order valence-corrected chi connectivity index (χ4v) is 13.2. The van der Waals surface area contributed by atoms with E-state index in [9.17, 15) is 53.1 Å². The second-order valence-corrected chi connectivity index (χ2v) is 26.1. The summed E-state index contributed by atoms with van der Waals surface area (Å²) in [5.74, 6) is -6.96. The second-order valence-electron chi connectivity index (χ2n) is 24.4. The SMILES string of the molecule is CNC(=O)c1cc(C(=O)N(C)[C@@H](C)C(=O)O[C@H]2CC(=O)N(C)c3cc(cc(C)c3Cl)C/C(C)=C/C=C/[C@@H](OC)[C@]3(O)CC(=O)O[C@@H](C3)[C@@H](C)[C@@H]3O[C@@]23C)ccc1CC(=O)[C@H](CCCNC(N)=O)NC(=O)[C@@H](CC(=O)CCCCCOC(=O)C(CBr)CBr)C(C)C. The number of esters is 3. The third-order valence-corrected chi connectivity index (χ3v) is 19.3. The Labute approximate surface area is 549 Å². The monoisotopic (exact) mass is 1400 g/mol. The predicted molar refractivity (Wildman–Crippen MR) is 345 cm³/mol. The highest BCUT2D eigenvalue weighted by molar-refractivity contribution is 9.09. The number of rotatable bonds is 27. The van der Waals surface area contributed by atoms with Crippen LogP contribution in [0.1, 0.15) is 143 Å². The molecule has 3 aliphatic rings. The Bertz CT molecular complexity index is 3030. The lowest BCUT2D eigenvalue weighted by Gasteiger charge is -2.41. The van der Waals surface area contributed by atoms with E-state index >= 15 is 0 Å². The van der Waals surface area contributed by atoms with E-state index in [1.54, 1.807) is 46.9 Å². The molecule has 6 N–H and O–H groups in total. The van der Waals surface area contributed by atoms with Crippen molar-refractivity contribution in [3.8, 4) is 0 Å². The molecule has 3 heterocycles. The van der Waals surface area contributed by atoms with Gasteiger partial charge in [0.15, 0.2) is 5.78 Å². The smallest absolute Gasteiger partial charge is 0.328 e. The molecule has 0 saturated carbocycles. The van der Waals surface area contributed by atoms with E-state index < -0.39 is 120 Å². The lowest BCUT2D eigenvalue weighted by Crippen LogP contribution is -2.53. The molecule has 3 aliphatic heterocycles. The molecular weight excluding hydrogens is 1320 g/mol. The number of methoxy groups -OCH3 is 1. The Morgan fingerprint density at radius 2 is 1.69 bits per heavy atom. The van der Waals surface area contributed by atoms with Crippen LogP contribution in [0.5, 0.6) is 0 Å². The van der Waals surface area contributed by atoms with Crippen LogP contribution < -0.4 is 26.6 Å². The Balaban J connectivity index is 1.36. The van der Waals surface area contributed by atoms with Crippen LogP contribution in [0.25, 0.3) is 0 Å². The van der Waals surface area contributed by atoms with Gasteiger partial charge >= 0.3 is 23.9 Å². The molecule has 2 saturated heterocycles. The van der Waals surface area contributed by atoms with Crippen molar-refractivity contribution in [2.24, 2.45) is 29.4 Å². The van der Waals surface area contributed by atoms with Gasteiger partial charge in [-0.3, -0.25) is 38.4 Å². The number of primary amides is 1. The Morgan fingerprint density at radius 1 is 0.989 bits per heavy atom. The quantitative estimate of drug-likeness (QED) is 0.0190. The second kappa shape index (κ2) is 34.0. The minimum absolute atomic E-state index is 0.0251.